The lowest BCUT2D eigenvalue weighted by molar-refractivity contribution is 0.397. The summed E-state index contributed by atoms with van der Waals surface area (Å²) in [6.07, 6.45) is 6.51. The summed E-state index contributed by atoms with van der Waals surface area (Å²) < 4.78 is 0. The molecule has 0 aliphatic heterocycles. The molecule has 0 radical (unpaired) electrons. The smallest absolute Gasteiger partial charge is 0.191 e. The van der Waals surface area contributed by atoms with E-state index in [2.05, 4.69) is 6.58 Å². The molecule has 1 N–H and O–H groups in total. The van der Waals surface area contributed by atoms with Gasteiger partial charge in [-0.3, -0.25) is 5.41 Å². The lowest BCUT2D eigenvalue weighted by Gasteiger charge is -2.22. The van der Waals surface area contributed by atoms with Gasteiger partial charge in [-0.1, -0.05) is 24.8 Å². The first-order valence-corrected chi connectivity index (χ1v) is 4.21. The van der Waals surface area contributed by atoms with Crippen molar-refractivity contribution in [3.63, 3.8) is 0 Å². The van der Waals surface area contributed by atoms with Crippen molar-refractivity contribution in [2.45, 2.75) is 19.4 Å². The SMILES string of the molecule is C=C/C=C\CC(C)N(C)C(=N)Cl. The lowest BCUT2D eigenvalue weighted by atomic mass is 10.2. The Morgan fingerprint density at radius 3 is 2.75 bits per heavy atom. The van der Waals surface area contributed by atoms with Gasteiger partial charge < -0.3 is 4.90 Å². The third kappa shape index (κ3) is 4.19. The highest BCUT2D eigenvalue weighted by Gasteiger charge is 2.07. The van der Waals surface area contributed by atoms with E-state index in [0.717, 1.165) is 6.42 Å². The first-order chi connectivity index (χ1) is 5.59. The quantitative estimate of drug-likeness (QED) is 0.311. The molecule has 1 atom stereocenters. The van der Waals surface area contributed by atoms with Gasteiger partial charge in [-0.2, -0.15) is 0 Å². The second kappa shape index (κ2) is 5.84. The molecule has 0 saturated carbocycles. The minimum absolute atomic E-state index is 0.0782. The van der Waals surface area contributed by atoms with Crippen molar-refractivity contribution in [1.82, 2.24) is 4.90 Å². The molecule has 68 valence electrons. The first-order valence-electron chi connectivity index (χ1n) is 3.84. The summed E-state index contributed by atoms with van der Waals surface area (Å²) in [5.74, 6) is 0. The molecule has 0 amide bonds. The Morgan fingerprint density at radius 2 is 2.33 bits per heavy atom. The molecule has 0 saturated heterocycles. The van der Waals surface area contributed by atoms with Gasteiger partial charge in [0.25, 0.3) is 0 Å². The van der Waals surface area contributed by atoms with Gasteiger partial charge in [-0.05, 0) is 24.9 Å². The van der Waals surface area contributed by atoms with Crippen molar-refractivity contribution in [3.8, 4) is 0 Å². The Bertz CT molecular complexity index is 187. The summed E-state index contributed by atoms with van der Waals surface area (Å²) in [7, 11) is 1.81. The van der Waals surface area contributed by atoms with Gasteiger partial charge in [0.05, 0.1) is 0 Å². The zero-order chi connectivity index (χ0) is 9.56. The maximum absolute atomic E-state index is 7.16. The van der Waals surface area contributed by atoms with E-state index in [-0.39, 0.29) is 11.3 Å². The number of amidine groups is 1. The standard InChI is InChI=1S/C9H15ClN2/c1-4-5-6-7-8(2)12(3)9(10)11/h4-6,8,11H,1,7H2,2-3H3/b6-5-,11-9?. The van der Waals surface area contributed by atoms with Crippen LogP contribution in [0.4, 0.5) is 0 Å². The Kier molecular flexibility index (Phi) is 5.47. The Morgan fingerprint density at radius 1 is 1.75 bits per heavy atom. The number of halogens is 1. The van der Waals surface area contributed by atoms with Crippen LogP contribution in [-0.2, 0) is 0 Å². The van der Waals surface area contributed by atoms with Crippen LogP contribution in [0.2, 0.25) is 0 Å². The average molecular weight is 187 g/mol. The van der Waals surface area contributed by atoms with Crippen LogP contribution in [0.3, 0.4) is 0 Å². The van der Waals surface area contributed by atoms with Crippen molar-refractivity contribution >= 4 is 16.9 Å². The normalized spacial score (nSPS) is 12.9. The molecule has 0 heterocycles. The number of rotatable bonds is 4. The highest BCUT2D eigenvalue weighted by molar-refractivity contribution is 6.63. The zero-order valence-electron chi connectivity index (χ0n) is 7.55. The fourth-order valence-electron chi connectivity index (χ4n) is 0.723. The van der Waals surface area contributed by atoms with E-state index < -0.39 is 0 Å². The van der Waals surface area contributed by atoms with E-state index >= 15 is 0 Å². The molecule has 0 bridgehead atoms. The Hall–Kier alpha value is -0.760. The van der Waals surface area contributed by atoms with Crippen molar-refractivity contribution in [2.75, 3.05) is 7.05 Å². The summed E-state index contributed by atoms with van der Waals surface area (Å²) in [6.45, 7) is 5.59. The van der Waals surface area contributed by atoms with Crippen molar-refractivity contribution in [3.05, 3.63) is 24.8 Å². The number of nitrogens with zero attached hydrogens (tertiary/aromatic N) is 1. The molecule has 0 spiro atoms. The van der Waals surface area contributed by atoms with E-state index in [1.165, 1.54) is 0 Å². The van der Waals surface area contributed by atoms with E-state index in [4.69, 9.17) is 17.0 Å². The van der Waals surface area contributed by atoms with E-state index in [0.29, 0.717) is 0 Å². The van der Waals surface area contributed by atoms with Crippen molar-refractivity contribution in [2.24, 2.45) is 0 Å². The Labute approximate surface area is 79.0 Å². The molecule has 12 heavy (non-hydrogen) atoms. The Balaban J connectivity index is 3.86. The summed E-state index contributed by atoms with van der Waals surface area (Å²) in [5, 5.41) is 7.24. The minimum Gasteiger partial charge on any atom is -0.347 e. The largest absolute Gasteiger partial charge is 0.347 e. The van der Waals surface area contributed by atoms with Gasteiger partial charge in [0.1, 0.15) is 0 Å². The van der Waals surface area contributed by atoms with Crippen LogP contribution < -0.4 is 0 Å². The molecule has 0 aliphatic carbocycles. The summed E-state index contributed by atoms with van der Waals surface area (Å²) in [4.78, 5) is 1.72. The molecule has 0 aliphatic rings. The van der Waals surface area contributed by atoms with Gasteiger partial charge in [0, 0.05) is 13.1 Å². The second-order valence-corrected chi connectivity index (χ2v) is 3.01. The highest BCUT2D eigenvalue weighted by Crippen LogP contribution is 2.04. The van der Waals surface area contributed by atoms with Gasteiger partial charge in [0.2, 0.25) is 0 Å². The predicted octanol–water partition coefficient (Wildman–Crippen LogP) is 2.61. The van der Waals surface area contributed by atoms with Gasteiger partial charge in [-0.25, -0.2) is 0 Å². The molecule has 0 rings (SSSR count). The molecular formula is C9H15ClN2. The fourth-order valence-corrected chi connectivity index (χ4v) is 0.890. The number of hydrogen-bond donors (Lipinski definition) is 1. The number of allylic oxidation sites excluding steroid dienone is 2. The third-order valence-electron chi connectivity index (χ3n) is 1.72. The number of hydrogen-bond acceptors (Lipinski definition) is 1. The molecule has 3 heteroatoms. The molecule has 0 aromatic carbocycles. The molecule has 0 fully saturated rings. The predicted molar refractivity (Wildman–Crippen MR) is 54.8 cm³/mol. The highest BCUT2D eigenvalue weighted by atomic mass is 35.5. The van der Waals surface area contributed by atoms with Crippen molar-refractivity contribution < 1.29 is 0 Å². The second-order valence-electron chi connectivity index (χ2n) is 2.65. The van der Waals surface area contributed by atoms with Crippen LogP contribution in [0.5, 0.6) is 0 Å². The van der Waals surface area contributed by atoms with Crippen LogP contribution in [-0.4, -0.2) is 23.3 Å². The third-order valence-corrected chi connectivity index (χ3v) is 1.99. The van der Waals surface area contributed by atoms with Crippen LogP contribution in [0.15, 0.2) is 24.8 Å². The average Bonchev–Trinajstić information content (AvgIpc) is 2.03. The van der Waals surface area contributed by atoms with Crippen LogP contribution in [0.1, 0.15) is 13.3 Å². The fraction of sp³-hybridized carbons (Fsp3) is 0.444. The molecule has 0 aromatic rings. The maximum Gasteiger partial charge on any atom is 0.191 e. The van der Waals surface area contributed by atoms with Gasteiger partial charge in [-0.15, -0.1) is 0 Å². The van der Waals surface area contributed by atoms with E-state index in [9.17, 15) is 0 Å². The molecule has 1 unspecified atom stereocenters. The van der Waals surface area contributed by atoms with E-state index in [1.807, 2.05) is 26.1 Å². The van der Waals surface area contributed by atoms with Gasteiger partial charge >= 0.3 is 0 Å². The van der Waals surface area contributed by atoms with E-state index in [1.54, 1.807) is 11.0 Å². The van der Waals surface area contributed by atoms with Crippen LogP contribution in [0, 0.1) is 5.41 Å². The van der Waals surface area contributed by atoms with Crippen LogP contribution in [0.25, 0.3) is 0 Å². The molecular weight excluding hydrogens is 172 g/mol. The monoisotopic (exact) mass is 186 g/mol. The summed E-state index contributed by atoms with van der Waals surface area (Å²) in [5.41, 5.74) is 0. The summed E-state index contributed by atoms with van der Waals surface area (Å²) in [6, 6.07) is 0.256. The molecule has 0 aromatic heterocycles. The topological polar surface area (TPSA) is 27.1 Å². The minimum atomic E-state index is 0.0782. The van der Waals surface area contributed by atoms with Crippen LogP contribution >= 0.6 is 11.6 Å². The lowest BCUT2D eigenvalue weighted by Crippen LogP contribution is -2.31. The summed E-state index contributed by atoms with van der Waals surface area (Å²) >= 11 is 5.50. The zero-order valence-corrected chi connectivity index (χ0v) is 8.30. The van der Waals surface area contributed by atoms with Crippen molar-refractivity contribution in [1.29, 1.82) is 5.41 Å². The maximum atomic E-state index is 7.16. The number of nitrogens with one attached hydrogen (secondary N) is 1. The molecule has 2 nitrogen and oxygen atoms in total. The first kappa shape index (κ1) is 11.2. The van der Waals surface area contributed by atoms with Gasteiger partial charge in [0.15, 0.2) is 5.29 Å².